The zero-order valence-electron chi connectivity index (χ0n) is 9.43. The molecule has 1 aromatic carbocycles. The van der Waals surface area contributed by atoms with Crippen molar-refractivity contribution in [3.05, 3.63) is 27.8 Å². The van der Waals surface area contributed by atoms with Crippen LogP contribution in [0.4, 0.5) is 5.69 Å². The van der Waals surface area contributed by atoms with Crippen molar-refractivity contribution in [2.75, 3.05) is 24.9 Å². The van der Waals surface area contributed by atoms with E-state index in [1.165, 1.54) is 11.4 Å². The maximum atomic E-state index is 11.8. The maximum absolute atomic E-state index is 11.8. The minimum Gasteiger partial charge on any atom is -0.396 e. The molecule has 2 N–H and O–H groups in total. The third-order valence-corrected chi connectivity index (χ3v) is 4.35. The van der Waals surface area contributed by atoms with Gasteiger partial charge in [0.1, 0.15) is 0 Å². The fraction of sp³-hybridized carbons (Fsp3) is 0.400. The zero-order valence-corrected chi connectivity index (χ0v) is 12.4. The molecule has 5 nitrogen and oxygen atoms in total. The Labute approximate surface area is 115 Å². The van der Waals surface area contributed by atoms with E-state index in [4.69, 9.17) is 5.11 Å². The summed E-state index contributed by atoms with van der Waals surface area (Å²) in [6.07, 6.45) is 0.421. The smallest absolute Gasteiger partial charge is 0.301 e. The van der Waals surface area contributed by atoms with Gasteiger partial charge in [0.05, 0.1) is 0 Å². The van der Waals surface area contributed by atoms with Crippen LogP contribution in [0.1, 0.15) is 6.42 Å². The van der Waals surface area contributed by atoms with Crippen molar-refractivity contribution in [3.8, 4) is 0 Å². The summed E-state index contributed by atoms with van der Waals surface area (Å²) in [5, 5.41) is 8.66. The van der Waals surface area contributed by atoms with Gasteiger partial charge in [-0.3, -0.25) is 4.72 Å². The third-order valence-electron chi connectivity index (χ3n) is 2.13. The molecule has 0 saturated carbocycles. The summed E-state index contributed by atoms with van der Waals surface area (Å²) in [7, 11) is -2.05. The summed E-state index contributed by atoms with van der Waals surface area (Å²) >= 11 is 2.15. The lowest BCUT2D eigenvalue weighted by molar-refractivity contribution is 0.276. The molecule has 96 valence electrons. The average Bonchev–Trinajstić information content (AvgIpc) is 2.28. The Bertz CT molecular complexity index is 447. The van der Waals surface area contributed by atoms with E-state index in [0.29, 0.717) is 12.1 Å². The van der Waals surface area contributed by atoms with Crippen molar-refractivity contribution >= 4 is 38.5 Å². The molecule has 0 atom stereocenters. The molecule has 0 aliphatic rings. The summed E-state index contributed by atoms with van der Waals surface area (Å²) in [4.78, 5) is 0. The van der Waals surface area contributed by atoms with Gasteiger partial charge in [-0.15, -0.1) is 0 Å². The van der Waals surface area contributed by atoms with Crippen LogP contribution < -0.4 is 4.72 Å². The first-order chi connectivity index (χ1) is 7.95. The minimum absolute atomic E-state index is 0.0244. The highest BCUT2D eigenvalue weighted by atomic mass is 127. The van der Waals surface area contributed by atoms with Gasteiger partial charge >= 0.3 is 10.2 Å². The average molecular weight is 370 g/mol. The first kappa shape index (κ1) is 14.7. The summed E-state index contributed by atoms with van der Waals surface area (Å²) in [5.74, 6) is 0. The van der Waals surface area contributed by atoms with E-state index in [1.54, 1.807) is 12.1 Å². The molecular weight excluding hydrogens is 355 g/mol. The minimum atomic E-state index is -3.53. The largest absolute Gasteiger partial charge is 0.396 e. The van der Waals surface area contributed by atoms with Crippen LogP contribution in [0.5, 0.6) is 0 Å². The number of anilines is 1. The van der Waals surface area contributed by atoms with E-state index >= 15 is 0 Å². The molecule has 0 fully saturated rings. The van der Waals surface area contributed by atoms with E-state index in [-0.39, 0.29) is 13.2 Å². The molecule has 0 radical (unpaired) electrons. The van der Waals surface area contributed by atoms with Crippen molar-refractivity contribution in [2.24, 2.45) is 0 Å². The van der Waals surface area contributed by atoms with E-state index in [9.17, 15) is 8.42 Å². The third kappa shape index (κ3) is 4.78. The maximum Gasteiger partial charge on any atom is 0.301 e. The van der Waals surface area contributed by atoms with Crippen LogP contribution in [0.25, 0.3) is 0 Å². The lowest BCUT2D eigenvalue weighted by Gasteiger charge is -2.17. The second-order valence-electron chi connectivity index (χ2n) is 3.51. The van der Waals surface area contributed by atoms with Crippen LogP contribution in [-0.2, 0) is 10.2 Å². The predicted molar refractivity (Wildman–Crippen MR) is 76.0 cm³/mol. The number of nitrogens with one attached hydrogen (secondary N) is 1. The van der Waals surface area contributed by atoms with E-state index in [2.05, 4.69) is 27.3 Å². The highest BCUT2D eigenvalue weighted by Gasteiger charge is 2.16. The van der Waals surface area contributed by atoms with E-state index in [0.717, 1.165) is 3.57 Å². The molecule has 1 rings (SSSR count). The van der Waals surface area contributed by atoms with Crippen molar-refractivity contribution < 1.29 is 13.5 Å². The molecule has 0 aliphatic heterocycles. The molecular formula is C10H15IN2O3S. The quantitative estimate of drug-likeness (QED) is 0.741. The molecule has 0 unspecified atom stereocenters. The van der Waals surface area contributed by atoms with Gasteiger partial charge in [-0.1, -0.05) is 0 Å². The summed E-state index contributed by atoms with van der Waals surface area (Å²) in [6.45, 7) is 0.263. The summed E-state index contributed by atoms with van der Waals surface area (Å²) in [5.41, 5.74) is 0.529. The van der Waals surface area contributed by atoms with Crippen LogP contribution in [0.3, 0.4) is 0 Å². The Kier molecular flexibility index (Phi) is 5.63. The molecule has 0 heterocycles. The van der Waals surface area contributed by atoms with Crippen LogP contribution in [0, 0.1) is 3.57 Å². The van der Waals surface area contributed by atoms with Crippen molar-refractivity contribution in [2.45, 2.75) is 6.42 Å². The number of aliphatic hydroxyl groups excluding tert-OH is 1. The number of hydrogen-bond acceptors (Lipinski definition) is 3. The van der Waals surface area contributed by atoms with Gasteiger partial charge in [0, 0.05) is 29.5 Å². The molecule has 0 saturated heterocycles. The number of nitrogens with zero attached hydrogens (tertiary/aromatic N) is 1. The Morgan fingerprint density at radius 1 is 1.35 bits per heavy atom. The van der Waals surface area contributed by atoms with Crippen LogP contribution in [0.15, 0.2) is 24.3 Å². The predicted octanol–water partition coefficient (Wildman–Crippen LogP) is 1.26. The topological polar surface area (TPSA) is 69.6 Å². The summed E-state index contributed by atoms with van der Waals surface area (Å²) in [6, 6.07) is 7.07. The normalized spacial score (nSPS) is 11.8. The molecule has 7 heteroatoms. The van der Waals surface area contributed by atoms with Crippen molar-refractivity contribution in [1.29, 1.82) is 0 Å². The van der Waals surface area contributed by atoms with Gasteiger partial charge in [0.2, 0.25) is 0 Å². The van der Waals surface area contributed by atoms with Gasteiger partial charge in [0.15, 0.2) is 0 Å². The molecule has 0 amide bonds. The number of halogens is 1. The highest BCUT2D eigenvalue weighted by Crippen LogP contribution is 2.13. The van der Waals surface area contributed by atoms with Crippen LogP contribution >= 0.6 is 22.6 Å². The number of benzene rings is 1. The second kappa shape index (κ2) is 6.53. The Balaban J connectivity index is 2.69. The highest BCUT2D eigenvalue weighted by molar-refractivity contribution is 14.1. The van der Waals surface area contributed by atoms with E-state index in [1.807, 2.05) is 12.1 Å². The van der Waals surface area contributed by atoms with Crippen LogP contribution in [0.2, 0.25) is 0 Å². The number of aliphatic hydroxyl groups is 1. The molecule has 0 aromatic heterocycles. The molecule has 17 heavy (non-hydrogen) atoms. The molecule has 0 spiro atoms. The lowest BCUT2D eigenvalue weighted by Crippen LogP contribution is -2.33. The number of hydrogen-bond donors (Lipinski definition) is 2. The SMILES string of the molecule is CN(CCCO)S(=O)(=O)Nc1ccc(I)cc1. The molecule has 0 aliphatic carbocycles. The van der Waals surface area contributed by atoms with Crippen molar-refractivity contribution in [1.82, 2.24) is 4.31 Å². The second-order valence-corrected chi connectivity index (χ2v) is 6.54. The van der Waals surface area contributed by atoms with Gasteiger partial charge in [-0.05, 0) is 53.3 Å². The monoisotopic (exact) mass is 370 g/mol. The van der Waals surface area contributed by atoms with Gasteiger partial charge in [-0.25, -0.2) is 0 Å². The number of rotatable bonds is 6. The summed E-state index contributed by atoms with van der Waals surface area (Å²) < 4.78 is 28.3. The standard InChI is InChI=1S/C10H15IN2O3S/c1-13(7-2-8-14)17(15,16)12-10-5-3-9(11)4-6-10/h3-6,12,14H,2,7-8H2,1H3. The first-order valence-corrected chi connectivity index (χ1v) is 7.58. The Morgan fingerprint density at radius 2 is 1.94 bits per heavy atom. The molecule has 1 aromatic rings. The van der Waals surface area contributed by atoms with Gasteiger partial charge in [0.25, 0.3) is 0 Å². The zero-order chi connectivity index (χ0) is 12.9. The van der Waals surface area contributed by atoms with E-state index < -0.39 is 10.2 Å². The van der Waals surface area contributed by atoms with Crippen molar-refractivity contribution in [3.63, 3.8) is 0 Å². The Morgan fingerprint density at radius 3 is 2.47 bits per heavy atom. The molecule has 0 bridgehead atoms. The first-order valence-electron chi connectivity index (χ1n) is 5.06. The van der Waals surface area contributed by atoms with Gasteiger partial charge in [-0.2, -0.15) is 12.7 Å². The van der Waals surface area contributed by atoms with Gasteiger partial charge < -0.3 is 5.11 Å². The fourth-order valence-corrected chi connectivity index (χ4v) is 2.48. The fourth-order valence-electron chi connectivity index (χ4n) is 1.16. The van der Waals surface area contributed by atoms with Crippen LogP contribution in [-0.4, -0.2) is 38.0 Å². The lowest BCUT2D eigenvalue weighted by atomic mass is 10.3. The Hall–Kier alpha value is -0.380.